The summed E-state index contributed by atoms with van der Waals surface area (Å²) < 4.78 is 4.58. The van der Waals surface area contributed by atoms with Gasteiger partial charge >= 0.3 is 5.97 Å². The number of rotatable bonds is 7. The maximum absolute atomic E-state index is 12.3. The van der Waals surface area contributed by atoms with E-state index in [1.807, 2.05) is 4.90 Å². The molecule has 1 atom stereocenters. The summed E-state index contributed by atoms with van der Waals surface area (Å²) in [6, 6.07) is 0. The van der Waals surface area contributed by atoms with Gasteiger partial charge in [0.2, 0.25) is 11.8 Å². The van der Waals surface area contributed by atoms with E-state index < -0.39 is 0 Å². The predicted molar refractivity (Wildman–Crippen MR) is 90.1 cm³/mol. The summed E-state index contributed by atoms with van der Waals surface area (Å²) in [5, 5.41) is 2.89. The van der Waals surface area contributed by atoms with E-state index in [0.717, 1.165) is 6.54 Å². The van der Waals surface area contributed by atoms with Crippen LogP contribution >= 0.6 is 0 Å². The quantitative estimate of drug-likeness (QED) is 0.568. The highest BCUT2D eigenvalue weighted by Crippen LogP contribution is 2.27. The second-order valence-corrected chi connectivity index (χ2v) is 7.01. The Morgan fingerprint density at radius 1 is 1.21 bits per heavy atom. The first-order chi connectivity index (χ1) is 11.6. The fourth-order valence-corrected chi connectivity index (χ4v) is 3.68. The van der Waals surface area contributed by atoms with Crippen LogP contribution in [0.4, 0.5) is 0 Å². The third-order valence-corrected chi connectivity index (χ3v) is 5.16. The molecule has 2 fully saturated rings. The van der Waals surface area contributed by atoms with Gasteiger partial charge in [-0.05, 0) is 31.6 Å². The van der Waals surface area contributed by atoms with Gasteiger partial charge < -0.3 is 15.0 Å². The molecule has 0 aromatic rings. The normalized spacial score (nSPS) is 22.3. The molecule has 1 N–H and O–H groups in total. The van der Waals surface area contributed by atoms with Crippen LogP contribution in [0.2, 0.25) is 0 Å². The summed E-state index contributed by atoms with van der Waals surface area (Å²) in [5.41, 5.74) is 0. The molecule has 6 nitrogen and oxygen atoms in total. The first-order valence-electron chi connectivity index (χ1n) is 9.22. The number of nitrogens with zero attached hydrogens (tertiary/aromatic N) is 1. The van der Waals surface area contributed by atoms with Crippen LogP contribution in [-0.2, 0) is 19.1 Å². The number of carbonyl (C=O) groups excluding carboxylic acids is 3. The Balaban J connectivity index is 1.73. The van der Waals surface area contributed by atoms with Crippen molar-refractivity contribution in [3.8, 4) is 0 Å². The molecule has 0 bridgehead atoms. The number of likely N-dealkylation sites (tertiary alicyclic amines) is 1. The fraction of sp³-hybridized carbons (Fsp3) is 0.833. The van der Waals surface area contributed by atoms with Crippen molar-refractivity contribution in [1.82, 2.24) is 10.2 Å². The van der Waals surface area contributed by atoms with E-state index >= 15 is 0 Å². The molecule has 2 aliphatic rings. The lowest BCUT2D eigenvalue weighted by molar-refractivity contribution is -0.141. The minimum atomic E-state index is -0.258. The lowest BCUT2D eigenvalue weighted by atomic mass is 9.87. The van der Waals surface area contributed by atoms with Gasteiger partial charge in [-0.1, -0.05) is 19.3 Å². The molecular formula is C18H30N2O4. The SMILES string of the molecule is COC(=O)CCCNC(=O)C1CCC(=O)N(CC2CCCCC2)C1. The van der Waals surface area contributed by atoms with Gasteiger partial charge in [-0.3, -0.25) is 14.4 Å². The van der Waals surface area contributed by atoms with Crippen molar-refractivity contribution < 1.29 is 19.1 Å². The van der Waals surface area contributed by atoms with Gasteiger partial charge in [-0.15, -0.1) is 0 Å². The monoisotopic (exact) mass is 338 g/mol. The Bertz CT molecular complexity index is 446. The molecule has 1 aliphatic heterocycles. The largest absolute Gasteiger partial charge is 0.469 e. The van der Waals surface area contributed by atoms with E-state index in [9.17, 15) is 14.4 Å². The maximum atomic E-state index is 12.3. The Hall–Kier alpha value is -1.59. The summed E-state index contributed by atoms with van der Waals surface area (Å²) in [7, 11) is 1.36. The second-order valence-electron chi connectivity index (χ2n) is 7.01. The number of carbonyl (C=O) groups is 3. The molecule has 2 rings (SSSR count). The minimum absolute atomic E-state index is 0.000935. The summed E-state index contributed by atoms with van der Waals surface area (Å²) in [4.78, 5) is 37.4. The molecule has 0 aromatic heterocycles. The third-order valence-electron chi connectivity index (χ3n) is 5.16. The molecular weight excluding hydrogens is 308 g/mol. The predicted octanol–water partition coefficient (Wildman–Crippen LogP) is 1.87. The van der Waals surface area contributed by atoms with Crippen molar-refractivity contribution in [3.63, 3.8) is 0 Å². The molecule has 24 heavy (non-hydrogen) atoms. The van der Waals surface area contributed by atoms with Gasteiger partial charge in [0.05, 0.1) is 13.0 Å². The number of ether oxygens (including phenoxy) is 1. The number of esters is 1. The first kappa shape index (κ1) is 18.7. The van der Waals surface area contributed by atoms with E-state index in [1.54, 1.807) is 0 Å². The van der Waals surface area contributed by atoms with E-state index in [0.29, 0.717) is 44.7 Å². The number of methoxy groups -OCH3 is 1. The summed E-state index contributed by atoms with van der Waals surface area (Å²) >= 11 is 0. The van der Waals surface area contributed by atoms with E-state index in [1.165, 1.54) is 39.2 Å². The van der Waals surface area contributed by atoms with Gasteiger partial charge in [0.15, 0.2) is 0 Å². The van der Waals surface area contributed by atoms with Crippen LogP contribution in [0.1, 0.15) is 57.8 Å². The highest BCUT2D eigenvalue weighted by atomic mass is 16.5. The lowest BCUT2D eigenvalue weighted by Crippen LogP contribution is -2.47. The van der Waals surface area contributed by atoms with E-state index in [-0.39, 0.29) is 23.7 Å². The van der Waals surface area contributed by atoms with Gasteiger partial charge in [0.1, 0.15) is 0 Å². The van der Waals surface area contributed by atoms with Gasteiger partial charge in [-0.2, -0.15) is 0 Å². The van der Waals surface area contributed by atoms with Crippen molar-refractivity contribution in [3.05, 3.63) is 0 Å². The third kappa shape index (κ3) is 5.80. The topological polar surface area (TPSA) is 75.7 Å². The average molecular weight is 338 g/mol. The van der Waals surface area contributed by atoms with Crippen LogP contribution in [0.5, 0.6) is 0 Å². The maximum Gasteiger partial charge on any atom is 0.305 e. The lowest BCUT2D eigenvalue weighted by Gasteiger charge is -2.35. The van der Waals surface area contributed by atoms with Gasteiger partial charge in [-0.25, -0.2) is 0 Å². The number of amides is 2. The molecule has 2 amide bonds. The molecule has 1 saturated carbocycles. The van der Waals surface area contributed by atoms with Gasteiger partial charge in [0.25, 0.3) is 0 Å². The Kier molecular flexibility index (Phi) is 7.53. The average Bonchev–Trinajstić information content (AvgIpc) is 2.61. The van der Waals surface area contributed by atoms with Crippen molar-refractivity contribution in [1.29, 1.82) is 0 Å². The van der Waals surface area contributed by atoms with Crippen LogP contribution < -0.4 is 5.32 Å². The summed E-state index contributed by atoms with van der Waals surface area (Å²) in [6.45, 7) is 1.82. The van der Waals surface area contributed by atoms with Crippen LogP contribution in [0.3, 0.4) is 0 Å². The highest BCUT2D eigenvalue weighted by Gasteiger charge is 2.31. The van der Waals surface area contributed by atoms with Crippen molar-refractivity contribution in [2.75, 3.05) is 26.7 Å². The fourth-order valence-electron chi connectivity index (χ4n) is 3.68. The molecule has 0 radical (unpaired) electrons. The molecule has 136 valence electrons. The van der Waals surface area contributed by atoms with Crippen LogP contribution in [0.15, 0.2) is 0 Å². The zero-order valence-corrected chi connectivity index (χ0v) is 14.7. The smallest absolute Gasteiger partial charge is 0.305 e. The Labute approximate surface area is 144 Å². The van der Waals surface area contributed by atoms with Crippen molar-refractivity contribution >= 4 is 17.8 Å². The molecule has 6 heteroatoms. The standard InChI is InChI=1S/C18H30N2O4/c1-24-17(22)8-5-11-19-18(23)15-9-10-16(21)20(13-15)12-14-6-3-2-4-7-14/h14-15H,2-13H2,1H3,(H,19,23). The number of hydrogen-bond donors (Lipinski definition) is 1. The minimum Gasteiger partial charge on any atom is -0.469 e. The number of nitrogens with one attached hydrogen (secondary N) is 1. The van der Waals surface area contributed by atoms with E-state index in [4.69, 9.17) is 0 Å². The zero-order valence-electron chi connectivity index (χ0n) is 14.7. The number of piperidine rings is 1. The van der Waals surface area contributed by atoms with E-state index in [2.05, 4.69) is 10.1 Å². The molecule has 0 spiro atoms. The molecule has 1 unspecified atom stereocenters. The van der Waals surface area contributed by atoms with Crippen LogP contribution in [0, 0.1) is 11.8 Å². The first-order valence-corrected chi connectivity index (χ1v) is 9.22. The van der Waals surface area contributed by atoms with Crippen LogP contribution in [-0.4, -0.2) is 49.4 Å². The second kappa shape index (κ2) is 9.64. The molecule has 1 saturated heterocycles. The highest BCUT2D eigenvalue weighted by molar-refractivity contribution is 5.83. The van der Waals surface area contributed by atoms with Crippen molar-refractivity contribution in [2.45, 2.75) is 57.8 Å². The summed E-state index contributed by atoms with van der Waals surface area (Å²) in [6.07, 6.45) is 8.22. The molecule has 0 aromatic carbocycles. The van der Waals surface area contributed by atoms with Crippen LogP contribution in [0.25, 0.3) is 0 Å². The zero-order chi connectivity index (χ0) is 17.4. The number of hydrogen-bond acceptors (Lipinski definition) is 4. The Morgan fingerprint density at radius 2 is 1.96 bits per heavy atom. The Morgan fingerprint density at radius 3 is 2.67 bits per heavy atom. The molecule has 1 aliphatic carbocycles. The van der Waals surface area contributed by atoms with Crippen molar-refractivity contribution in [2.24, 2.45) is 11.8 Å². The van der Waals surface area contributed by atoms with Gasteiger partial charge in [0, 0.05) is 32.5 Å². The summed E-state index contributed by atoms with van der Waals surface area (Å²) in [5.74, 6) is 0.413. The molecule has 1 heterocycles.